The summed E-state index contributed by atoms with van der Waals surface area (Å²) in [5, 5.41) is 6.23. The lowest BCUT2D eigenvalue weighted by Gasteiger charge is -2.31. The normalized spacial score (nSPS) is 11.9. The van der Waals surface area contributed by atoms with Crippen molar-refractivity contribution in [3.05, 3.63) is 119 Å². The smallest absolute Gasteiger partial charge is 0.513 e. The molecule has 0 spiro atoms. The van der Waals surface area contributed by atoms with Gasteiger partial charge >= 0.3 is 15.5 Å². The summed E-state index contributed by atoms with van der Waals surface area (Å²) in [6.45, 7) is 12.5. The van der Waals surface area contributed by atoms with E-state index in [0.717, 1.165) is 83.1 Å². The zero-order chi connectivity index (χ0) is 39.2. The van der Waals surface area contributed by atoms with Crippen LogP contribution in [0.25, 0.3) is 0 Å². The Kier molecular flexibility index (Phi) is 20.4. The Bertz CT molecular complexity index is 1590. The SMILES string of the molecule is Cc1ccc(OP(=O)(NCC[N+](C)(C)CCCCCC[N+](C)(C)CCNP(=O)(Oc2ccc(C)cc2)Oc2ccc(C)cc2)Oc2ccc(C)cc2)cc1.[Br-].[Br-]. The second-order valence-corrected chi connectivity index (χ2v) is 19.0. The standard InChI is InChI=1S/C42H62N4O6P2.2BrH/c1-35-13-21-39(22-14-35)49-53(47,50-40-23-15-36(2)16-24-40)43-29-33-45(5,6)31-11-9-10-12-32-46(7,8)34-30-44-54(48,51-41-25-17-37(3)18-26-41)52-42-27-19-38(4)20-28-42;;/h13-28H,9-12,29-34H2,1-8H3,(H,43,47)(H,44,48);2*1H/q+2;;/p-2. The summed E-state index contributed by atoms with van der Waals surface area (Å²) in [6.07, 6.45) is 4.44. The Balaban J connectivity index is 0.00000541. The van der Waals surface area contributed by atoms with Crippen LogP contribution in [0.15, 0.2) is 97.1 Å². The van der Waals surface area contributed by atoms with Crippen LogP contribution >= 0.6 is 15.5 Å². The van der Waals surface area contributed by atoms with E-state index in [1.807, 2.05) is 125 Å². The molecular weight excluding hydrogens is 878 g/mol. The highest BCUT2D eigenvalue weighted by molar-refractivity contribution is 7.52. The molecule has 2 N–H and O–H groups in total. The third kappa shape index (κ3) is 18.3. The molecule has 0 amide bonds. The molecule has 0 atom stereocenters. The van der Waals surface area contributed by atoms with E-state index in [4.69, 9.17) is 18.1 Å². The highest BCUT2D eigenvalue weighted by Crippen LogP contribution is 2.46. The quantitative estimate of drug-likeness (QED) is 0.0663. The van der Waals surface area contributed by atoms with Crippen LogP contribution in [0.1, 0.15) is 47.9 Å². The highest BCUT2D eigenvalue weighted by atomic mass is 79.9. The largest absolute Gasteiger partial charge is 1.00 e. The van der Waals surface area contributed by atoms with Crippen molar-refractivity contribution in [2.75, 3.05) is 67.5 Å². The molecule has 0 saturated carbocycles. The van der Waals surface area contributed by atoms with E-state index in [-0.39, 0.29) is 34.0 Å². The van der Waals surface area contributed by atoms with Gasteiger partial charge in [-0.25, -0.2) is 9.13 Å². The van der Waals surface area contributed by atoms with Crippen LogP contribution < -0.4 is 62.2 Å². The van der Waals surface area contributed by atoms with E-state index in [2.05, 4.69) is 38.4 Å². The van der Waals surface area contributed by atoms with Gasteiger partial charge in [0.05, 0.1) is 67.5 Å². The summed E-state index contributed by atoms with van der Waals surface area (Å²) >= 11 is 0. The van der Waals surface area contributed by atoms with Gasteiger partial charge in [0.15, 0.2) is 0 Å². The second kappa shape index (κ2) is 23.1. The van der Waals surface area contributed by atoms with Crippen molar-refractivity contribution in [2.45, 2.75) is 53.4 Å². The van der Waals surface area contributed by atoms with Crippen LogP contribution in [0, 0.1) is 27.7 Å². The molecule has 0 saturated heterocycles. The van der Waals surface area contributed by atoms with E-state index < -0.39 is 15.5 Å². The molecule has 0 aliphatic heterocycles. The van der Waals surface area contributed by atoms with Gasteiger partial charge in [0, 0.05) is 0 Å². The number of halogens is 2. The minimum absolute atomic E-state index is 0. The van der Waals surface area contributed by atoms with Gasteiger partial charge in [-0.1, -0.05) is 70.8 Å². The Morgan fingerprint density at radius 3 is 0.875 bits per heavy atom. The van der Waals surface area contributed by atoms with Gasteiger partial charge in [-0.05, 0) is 102 Å². The first-order valence-corrected chi connectivity index (χ1v) is 22.0. The number of hydrogen-bond donors (Lipinski definition) is 2. The molecule has 0 aliphatic carbocycles. The molecule has 0 radical (unpaired) electrons. The van der Waals surface area contributed by atoms with Crippen molar-refractivity contribution in [1.82, 2.24) is 10.2 Å². The fraction of sp³-hybridized carbons (Fsp3) is 0.429. The Morgan fingerprint density at radius 1 is 0.411 bits per heavy atom. The molecule has 0 heterocycles. The van der Waals surface area contributed by atoms with Crippen LogP contribution in [-0.4, -0.2) is 76.4 Å². The van der Waals surface area contributed by atoms with Gasteiger partial charge in [0.1, 0.15) is 23.0 Å². The number of quaternary nitrogens is 2. The number of nitrogens with zero attached hydrogens (tertiary/aromatic N) is 2. The maximum absolute atomic E-state index is 13.9. The second-order valence-electron chi connectivity index (χ2n) is 15.6. The minimum atomic E-state index is -3.69. The molecule has 0 aromatic heterocycles. The van der Waals surface area contributed by atoms with Gasteiger partial charge < -0.3 is 61.0 Å². The lowest BCUT2D eigenvalue weighted by Crippen LogP contribution is -3.00. The van der Waals surface area contributed by atoms with Crippen molar-refractivity contribution < 1.29 is 70.2 Å². The van der Waals surface area contributed by atoms with Crippen LogP contribution in [0.3, 0.4) is 0 Å². The zero-order valence-electron chi connectivity index (χ0n) is 34.3. The molecule has 10 nitrogen and oxygen atoms in total. The van der Waals surface area contributed by atoms with Crippen molar-refractivity contribution in [3.8, 4) is 23.0 Å². The van der Waals surface area contributed by atoms with Crippen LogP contribution in [-0.2, 0) is 9.13 Å². The maximum Gasteiger partial charge on any atom is 0.513 e. The van der Waals surface area contributed by atoms with Gasteiger partial charge in [-0.15, -0.1) is 0 Å². The summed E-state index contributed by atoms with van der Waals surface area (Å²) < 4.78 is 53.1. The average Bonchev–Trinajstić information content (AvgIpc) is 3.10. The van der Waals surface area contributed by atoms with Crippen molar-refractivity contribution in [2.24, 2.45) is 0 Å². The number of benzene rings is 4. The minimum Gasteiger partial charge on any atom is -1.00 e. The van der Waals surface area contributed by atoms with Crippen molar-refractivity contribution >= 4 is 15.5 Å². The van der Waals surface area contributed by atoms with Gasteiger partial charge in [0.2, 0.25) is 0 Å². The number of rotatable bonds is 23. The average molecular weight is 941 g/mol. The third-order valence-electron chi connectivity index (χ3n) is 9.31. The molecule has 4 rings (SSSR count). The Hall–Kier alpha value is -2.66. The fourth-order valence-electron chi connectivity index (χ4n) is 5.75. The van der Waals surface area contributed by atoms with E-state index in [0.29, 0.717) is 36.1 Å². The monoisotopic (exact) mass is 938 g/mol. The molecule has 0 fully saturated rings. The molecule has 4 aromatic rings. The summed E-state index contributed by atoms with van der Waals surface area (Å²) in [4.78, 5) is 0. The molecule has 0 bridgehead atoms. The first kappa shape index (κ1) is 49.5. The number of hydrogen-bond acceptors (Lipinski definition) is 6. The lowest BCUT2D eigenvalue weighted by molar-refractivity contribution is -0.890. The molecule has 4 aromatic carbocycles. The highest BCUT2D eigenvalue weighted by Gasteiger charge is 2.31. The topological polar surface area (TPSA) is 95.1 Å². The van der Waals surface area contributed by atoms with Crippen molar-refractivity contribution in [1.29, 1.82) is 0 Å². The Labute approximate surface area is 357 Å². The lowest BCUT2D eigenvalue weighted by atomic mass is 10.1. The number of nitrogens with one attached hydrogen (secondary N) is 2. The molecule has 0 unspecified atom stereocenters. The van der Waals surface area contributed by atoms with E-state index >= 15 is 0 Å². The summed E-state index contributed by atoms with van der Waals surface area (Å²) in [6, 6.07) is 29.9. The first-order valence-electron chi connectivity index (χ1n) is 18.9. The predicted molar refractivity (Wildman–Crippen MR) is 221 cm³/mol. The molecule has 14 heteroatoms. The fourth-order valence-corrected chi connectivity index (χ4v) is 8.43. The van der Waals surface area contributed by atoms with Gasteiger partial charge in [0.25, 0.3) is 0 Å². The maximum atomic E-state index is 13.9. The van der Waals surface area contributed by atoms with Crippen LogP contribution in [0.5, 0.6) is 23.0 Å². The number of aryl methyl sites for hydroxylation is 4. The third-order valence-corrected chi connectivity index (χ3v) is 12.3. The number of likely N-dealkylation sites (N-methyl/N-ethyl adjacent to an activating group) is 2. The zero-order valence-corrected chi connectivity index (χ0v) is 39.3. The number of unbranched alkanes of at least 4 members (excludes halogenated alkanes) is 3. The van der Waals surface area contributed by atoms with Crippen molar-refractivity contribution in [3.63, 3.8) is 0 Å². The van der Waals surface area contributed by atoms with Gasteiger partial charge in [-0.3, -0.25) is 0 Å². The predicted octanol–water partition coefficient (Wildman–Crippen LogP) is 3.65. The van der Waals surface area contributed by atoms with E-state index in [9.17, 15) is 9.13 Å². The molecule has 310 valence electrons. The van der Waals surface area contributed by atoms with E-state index in [1.165, 1.54) is 0 Å². The van der Waals surface area contributed by atoms with E-state index in [1.54, 1.807) is 0 Å². The summed E-state index contributed by atoms with van der Waals surface area (Å²) in [5.41, 5.74) is 4.38. The van der Waals surface area contributed by atoms with Crippen LogP contribution in [0.2, 0.25) is 0 Å². The summed E-state index contributed by atoms with van der Waals surface area (Å²) in [5.74, 6) is 1.98. The Morgan fingerprint density at radius 2 is 0.643 bits per heavy atom. The van der Waals surface area contributed by atoms with Crippen LogP contribution in [0.4, 0.5) is 0 Å². The first-order chi connectivity index (χ1) is 25.5. The summed E-state index contributed by atoms with van der Waals surface area (Å²) in [7, 11) is 1.43. The molecule has 0 aliphatic rings. The van der Waals surface area contributed by atoms with Gasteiger partial charge in [-0.2, -0.15) is 10.2 Å². The molecule has 56 heavy (non-hydrogen) atoms. The molecular formula is C42H62Br2N4O6P2.